The molecule has 0 N–H and O–H groups in total. The van der Waals surface area contributed by atoms with Gasteiger partial charge >= 0.3 is 0 Å². The van der Waals surface area contributed by atoms with Crippen molar-refractivity contribution >= 4 is 23.2 Å². The number of ether oxygens (including phenoxy) is 1. The zero-order valence-electron chi connectivity index (χ0n) is 12.1. The Bertz CT molecular complexity index is 607. The lowest BCUT2D eigenvalue weighted by molar-refractivity contribution is 0.0372. The number of hydrogen-bond donors (Lipinski definition) is 0. The van der Waals surface area contributed by atoms with Gasteiger partial charge in [0, 0.05) is 35.1 Å². The Balaban J connectivity index is 1.56. The van der Waals surface area contributed by atoms with Gasteiger partial charge in [0.15, 0.2) is 0 Å². The molecule has 0 spiro atoms. The summed E-state index contributed by atoms with van der Waals surface area (Å²) in [7, 11) is 0. The standard InChI is InChI=1S/C15H17Cl2N3O2/c16-12-8-11(9-13(17)10-12)15-18-14(22-19-15)2-1-3-20-4-6-21-7-5-20/h8-10H,1-7H2. The van der Waals surface area contributed by atoms with Crippen molar-refractivity contribution in [3.05, 3.63) is 34.1 Å². The van der Waals surface area contributed by atoms with Crippen molar-refractivity contribution in [3.8, 4) is 11.4 Å². The van der Waals surface area contributed by atoms with Crippen LogP contribution in [0.4, 0.5) is 0 Å². The van der Waals surface area contributed by atoms with Gasteiger partial charge in [-0.3, -0.25) is 4.90 Å². The minimum absolute atomic E-state index is 0.519. The van der Waals surface area contributed by atoms with Crippen LogP contribution in [-0.4, -0.2) is 47.9 Å². The molecule has 0 atom stereocenters. The normalized spacial score (nSPS) is 16.1. The lowest BCUT2D eigenvalue weighted by Gasteiger charge is -2.26. The zero-order chi connectivity index (χ0) is 15.4. The van der Waals surface area contributed by atoms with Gasteiger partial charge in [-0.15, -0.1) is 0 Å². The van der Waals surface area contributed by atoms with Gasteiger partial charge in [-0.05, 0) is 31.2 Å². The average molecular weight is 342 g/mol. The van der Waals surface area contributed by atoms with Crippen molar-refractivity contribution in [2.24, 2.45) is 0 Å². The van der Waals surface area contributed by atoms with Crippen LogP contribution < -0.4 is 0 Å². The molecule has 118 valence electrons. The van der Waals surface area contributed by atoms with Crippen LogP contribution in [0.3, 0.4) is 0 Å². The van der Waals surface area contributed by atoms with E-state index in [9.17, 15) is 0 Å². The van der Waals surface area contributed by atoms with Gasteiger partial charge in [-0.2, -0.15) is 4.98 Å². The summed E-state index contributed by atoms with van der Waals surface area (Å²) in [5.74, 6) is 1.16. The summed E-state index contributed by atoms with van der Waals surface area (Å²) >= 11 is 12.0. The first kappa shape index (κ1) is 15.7. The molecular weight excluding hydrogens is 325 g/mol. The van der Waals surface area contributed by atoms with Crippen LogP contribution in [0.15, 0.2) is 22.7 Å². The van der Waals surface area contributed by atoms with Gasteiger partial charge in [0.05, 0.1) is 13.2 Å². The Hall–Kier alpha value is -1.14. The number of hydrogen-bond acceptors (Lipinski definition) is 5. The van der Waals surface area contributed by atoms with Crippen LogP contribution in [0.5, 0.6) is 0 Å². The van der Waals surface area contributed by atoms with Crippen LogP contribution in [0.1, 0.15) is 12.3 Å². The molecule has 0 aliphatic carbocycles. The molecule has 2 aromatic rings. The van der Waals surface area contributed by atoms with E-state index in [0.29, 0.717) is 21.8 Å². The van der Waals surface area contributed by atoms with Crippen molar-refractivity contribution in [1.29, 1.82) is 0 Å². The van der Waals surface area contributed by atoms with Crippen LogP contribution in [0, 0.1) is 0 Å². The smallest absolute Gasteiger partial charge is 0.227 e. The number of halogens is 2. The van der Waals surface area contributed by atoms with Gasteiger partial charge in [-0.1, -0.05) is 28.4 Å². The summed E-state index contributed by atoms with van der Waals surface area (Å²) in [5, 5.41) is 5.11. The SMILES string of the molecule is Clc1cc(Cl)cc(-c2noc(CCCN3CCOCC3)n2)c1. The Kier molecular flexibility index (Phi) is 5.31. The quantitative estimate of drug-likeness (QED) is 0.834. The Morgan fingerprint density at radius 3 is 2.55 bits per heavy atom. The Labute approximate surface area is 139 Å². The summed E-state index contributed by atoms with van der Waals surface area (Å²) in [5.41, 5.74) is 0.765. The number of aromatic nitrogens is 2. The minimum Gasteiger partial charge on any atom is -0.379 e. The van der Waals surface area contributed by atoms with E-state index in [4.69, 9.17) is 32.5 Å². The topological polar surface area (TPSA) is 51.4 Å². The lowest BCUT2D eigenvalue weighted by atomic mass is 10.2. The molecule has 1 saturated heterocycles. The second-order valence-electron chi connectivity index (χ2n) is 5.23. The number of benzene rings is 1. The molecule has 2 heterocycles. The fourth-order valence-electron chi connectivity index (χ4n) is 2.44. The molecule has 1 aromatic heterocycles. The molecule has 7 heteroatoms. The maximum absolute atomic E-state index is 5.99. The number of rotatable bonds is 5. The summed E-state index contributed by atoms with van der Waals surface area (Å²) < 4.78 is 10.6. The van der Waals surface area contributed by atoms with E-state index in [1.165, 1.54) is 0 Å². The third kappa shape index (κ3) is 4.20. The van der Waals surface area contributed by atoms with Gasteiger partial charge < -0.3 is 9.26 Å². The Morgan fingerprint density at radius 1 is 1.09 bits per heavy atom. The molecule has 1 aromatic carbocycles. The first-order valence-corrected chi connectivity index (χ1v) is 8.05. The molecule has 0 saturated carbocycles. The van der Waals surface area contributed by atoms with E-state index < -0.39 is 0 Å². The molecule has 0 radical (unpaired) electrons. The van der Waals surface area contributed by atoms with E-state index >= 15 is 0 Å². The summed E-state index contributed by atoms with van der Waals surface area (Å²) in [6.45, 7) is 4.65. The van der Waals surface area contributed by atoms with Crippen molar-refractivity contribution in [1.82, 2.24) is 15.0 Å². The van der Waals surface area contributed by atoms with Crippen molar-refractivity contribution in [2.45, 2.75) is 12.8 Å². The van der Waals surface area contributed by atoms with Gasteiger partial charge in [0.1, 0.15) is 0 Å². The van der Waals surface area contributed by atoms with Crippen molar-refractivity contribution < 1.29 is 9.26 Å². The Morgan fingerprint density at radius 2 is 1.82 bits per heavy atom. The molecule has 0 amide bonds. The highest BCUT2D eigenvalue weighted by atomic mass is 35.5. The monoisotopic (exact) mass is 341 g/mol. The summed E-state index contributed by atoms with van der Waals surface area (Å²) in [4.78, 5) is 6.79. The first-order chi connectivity index (χ1) is 10.7. The molecule has 0 bridgehead atoms. The maximum atomic E-state index is 5.99. The number of nitrogens with zero attached hydrogens (tertiary/aromatic N) is 3. The largest absolute Gasteiger partial charge is 0.379 e. The molecule has 1 aliphatic heterocycles. The average Bonchev–Trinajstić information content (AvgIpc) is 2.96. The summed E-state index contributed by atoms with van der Waals surface area (Å²) in [6.07, 6.45) is 1.75. The molecule has 1 fully saturated rings. The highest BCUT2D eigenvalue weighted by Crippen LogP contribution is 2.25. The van der Waals surface area contributed by atoms with E-state index in [2.05, 4.69) is 15.0 Å². The number of aryl methyl sites for hydroxylation is 1. The van der Waals surface area contributed by atoms with Crippen LogP contribution in [-0.2, 0) is 11.2 Å². The second-order valence-corrected chi connectivity index (χ2v) is 6.10. The lowest BCUT2D eigenvalue weighted by Crippen LogP contribution is -2.36. The predicted octanol–water partition coefficient (Wildman–Crippen LogP) is 3.31. The zero-order valence-corrected chi connectivity index (χ0v) is 13.6. The van der Waals surface area contributed by atoms with E-state index in [0.717, 1.165) is 51.3 Å². The van der Waals surface area contributed by atoms with Gasteiger partial charge in [0.25, 0.3) is 0 Å². The third-order valence-corrected chi connectivity index (χ3v) is 3.99. The fourth-order valence-corrected chi connectivity index (χ4v) is 2.96. The highest BCUT2D eigenvalue weighted by molar-refractivity contribution is 6.35. The molecular formula is C15H17Cl2N3O2. The molecule has 3 rings (SSSR count). The highest BCUT2D eigenvalue weighted by Gasteiger charge is 2.12. The third-order valence-electron chi connectivity index (χ3n) is 3.56. The van der Waals surface area contributed by atoms with Crippen LogP contribution in [0.2, 0.25) is 10.0 Å². The van der Waals surface area contributed by atoms with Crippen molar-refractivity contribution in [2.75, 3.05) is 32.8 Å². The van der Waals surface area contributed by atoms with E-state index in [-0.39, 0.29) is 0 Å². The van der Waals surface area contributed by atoms with E-state index in [1.54, 1.807) is 18.2 Å². The van der Waals surface area contributed by atoms with E-state index in [1.807, 2.05) is 0 Å². The van der Waals surface area contributed by atoms with Crippen LogP contribution in [0.25, 0.3) is 11.4 Å². The molecule has 5 nitrogen and oxygen atoms in total. The van der Waals surface area contributed by atoms with Gasteiger partial charge in [-0.25, -0.2) is 0 Å². The predicted molar refractivity (Wildman–Crippen MR) is 85.3 cm³/mol. The molecule has 22 heavy (non-hydrogen) atoms. The second kappa shape index (κ2) is 7.42. The summed E-state index contributed by atoms with van der Waals surface area (Å²) in [6, 6.07) is 5.22. The van der Waals surface area contributed by atoms with Gasteiger partial charge in [0.2, 0.25) is 11.7 Å². The molecule has 0 unspecified atom stereocenters. The maximum Gasteiger partial charge on any atom is 0.227 e. The first-order valence-electron chi connectivity index (χ1n) is 7.30. The van der Waals surface area contributed by atoms with Crippen LogP contribution >= 0.6 is 23.2 Å². The fraction of sp³-hybridized carbons (Fsp3) is 0.467. The molecule has 1 aliphatic rings. The minimum atomic E-state index is 0.519. The van der Waals surface area contributed by atoms with Crippen molar-refractivity contribution in [3.63, 3.8) is 0 Å². The number of morpholine rings is 1.